The lowest BCUT2D eigenvalue weighted by molar-refractivity contribution is -0.141. The normalized spacial score (nSPS) is 12.7. The Hall–Kier alpha value is -3.13. The second kappa shape index (κ2) is 19.5. The van der Waals surface area contributed by atoms with Crippen molar-refractivity contribution >= 4 is 34.1 Å². The molecular formula is C38H62F4O6Si2. The first-order valence-electron chi connectivity index (χ1n) is 16.1. The lowest BCUT2D eigenvalue weighted by Gasteiger charge is -2.36. The van der Waals surface area contributed by atoms with Gasteiger partial charge in [0, 0.05) is 23.8 Å². The first-order valence-corrected chi connectivity index (χ1v) is 21.9. The number of ether oxygens (including phenoxy) is 2. The van der Waals surface area contributed by atoms with Crippen LogP contribution in [-0.4, -0.2) is 42.8 Å². The number of benzene rings is 2. The van der Waals surface area contributed by atoms with Crippen LogP contribution in [0, 0.1) is 23.3 Å². The maximum absolute atomic E-state index is 14.9. The van der Waals surface area contributed by atoms with Crippen molar-refractivity contribution in [2.75, 3.05) is 14.2 Å². The van der Waals surface area contributed by atoms with Crippen LogP contribution in [0.3, 0.4) is 0 Å². The van der Waals surface area contributed by atoms with Gasteiger partial charge >= 0.3 is 11.9 Å². The number of hydrogen-bond acceptors (Lipinski definition) is 6. The fourth-order valence-corrected chi connectivity index (χ4v) is 6.02. The smallest absolute Gasteiger partial charge is 0.330 e. The van der Waals surface area contributed by atoms with Gasteiger partial charge in [-0.1, -0.05) is 70.2 Å². The van der Waals surface area contributed by atoms with Gasteiger partial charge in [0.05, 0.1) is 20.6 Å². The topological polar surface area (TPSA) is 71.1 Å². The molecule has 0 spiro atoms. The lowest BCUT2D eigenvalue weighted by Crippen LogP contribution is -2.44. The Labute approximate surface area is 301 Å². The molecule has 2 aromatic rings. The molecule has 0 aliphatic rings. The predicted octanol–water partition coefficient (Wildman–Crippen LogP) is 12.0. The number of carbonyl (C=O) groups is 2. The monoisotopic (exact) mass is 746 g/mol. The van der Waals surface area contributed by atoms with E-state index in [9.17, 15) is 27.2 Å². The number of esters is 2. The van der Waals surface area contributed by atoms with E-state index >= 15 is 0 Å². The number of hydrogen-bond donors (Lipinski definition) is 0. The summed E-state index contributed by atoms with van der Waals surface area (Å²) in [6.07, 6.45) is 2.03. The summed E-state index contributed by atoms with van der Waals surface area (Å²) in [5.41, 5.74) is 0.548. The van der Waals surface area contributed by atoms with E-state index in [0.717, 1.165) is 24.3 Å². The molecule has 0 radical (unpaired) electrons. The van der Waals surface area contributed by atoms with Crippen LogP contribution in [0.4, 0.5) is 17.6 Å². The quantitative estimate of drug-likeness (QED) is 0.0987. The van der Waals surface area contributed by atoms with Crippen molar-refractivity contribution in [2.24, 2.45) is 0 Å². The minimum Gasteiger partial charge on any atom is -0.541 e. The Morgan fingerprint density at radius 1 is 0.740 bits per heavy atom. The number of methoxy groups -OCH3 is 2. The van der Waals surface area contributed by atoms with Gasteiger partial charge < -0.3 is 18.3 Å². The van der Waals surface area contributed by atoms with Crippen molar-refractivity contribution in [3.63, 3.8) is 0 Å². The van der Waals surface area contributed by atoms with Crippen LogP contribution in [0.25, 0.3) is 5.57 Å². The molecule has 1 unspecified atom stereocenters. The first kappa shape index (κ1) is 49.0. The molecule has 0 amide bonds. The molecule has 0 aliphatic carbocycles. The van der Waals surface area contributed by atoms with Crippen molar-refractivity contribution in [3.8, 4) is 11.5 Å². The molecule has 0 saturated carbocycles. The van der Waals surface area contributed by atoms with Gasteiger partial charge in [0.1, 0.15) is 23.1 Å². The molecule has 2 aromatic carbocycles. The van der Waals surface area contributed by atoms with E-state index in [-0.39, 0.29) is 54.0 Å². The van der Waals surface area contributed by atoms with Gasteiger partial charge in [0.2, 0.25) is 0 Å². The van der Waals surface area contributed by atoms with Gasteiger partial charge in [0.25, 0.3) is 16.6 Å². The van der Waals surface area contributed by atoms with Gasteiger partial charge in [-0.15, -0.1) is 0 Å². The molecule has 12 heteroatoms. The van der Waals surface area contributed by atoms with Crippen molar-refractivity contribution in [3.05, 3.63) is 64.7 Å². The molecule has 0 heterocycles. The maximum atomic E-state index is 14.9. The Balaban J connectivity index is 0. The van der Waals surface area contributed by atoms with E-state index in [4.69, 9.17) is 8.85 Å². The van der Waals surface area contributed by atoms with Crippen LogP contribution >= 0.6 is 0 Å². The van der Waals surface area contributed by atoms with Gasteiger partial charge in [-0.3, -0.25) is 4.79 Å². The highest BCUT2D eigenvalue weighted by Gasteiger charge is 2.41. The second-order valence-corrected chi connectivity index (χ2v) is 24.2. The Kier molecular flexibility index (Phi) is 19.1. The molecule has 0 saturated heterocycles. The van der Waals surface area contributed by atoms with E-state index in [1.54, 1.807) is 6.92 Å². The van der Waals surface area contributed by atoms with Crippen molar-refractivity contribution in [1.29, 1.82) is 0 Å². The molecule has 0 bridgehead atoms. The fourth-order valence-electron chi connectivity index (χ4n) is 4.01. The lowest BCUT2D eigenvalue weighted by atomic mass is 9.92. The van der Waals surface area contributed by atoms with Gasteiger partial charge in [-0.05, 0) is 78.3 Å². The van der Waals surface area contributed by atoms with E-state index in [1.165, 1.54) is 20.3 Å². The van der Waals surface area contributed by atoms with E-state index < -0.39 is 57.8 Å². The third-order valence-electron chi connectivity index (χ3n) is 9.17. The molecule has 0 aromatic heterocycles. The van der Waals surface area contributed by atoms with Crippen LogP contribution in [0.1, 0.15) is 107 Å². The summed E-state index contributed by atoms with van der Waals surface area (Å²) in [4.78, 5) is 23.0. The highest BCUT2D eigenvalue weighted by Crippen LogP contribution is 2.41. The summed E-state index contributed by atoms with van der Waals surface area (Å²) < 4.78 is 79.0. The van der Waals surface area contributed by atoms with E-state index in [2.05, 4.69) is 9.47 Å². The van der Waals surface area contributed by atoms with Crippen LogP contribution in [0.15, 0.2) is 30.3 Å². The van der Waals surface area contributed by atoms with Gasteiger partial charge in [-0.25, -0.2) is 22.4 Å². The fraction of sp³-hybridized carbons (Fsp3) is 0.579. The SMILES string of the molecule is C.C.CCC(=CC(=O)OC)c1cc(F)cc(O[Si](C)(C)C(C)(C)C)c1F.CCC(CC(=O)OC)c1cc(F)cc(O[Si](C)(C)C(C)(C)C)c1F. The Morgan fingerprint density at radius 2 is 1.18 bits per heavy atom. The zero-order valence-electron chi connectivity index (χ0n) is 31.0. The summed E-state index contributed by atoms with van der Waals surface area (Å²) >= 11 is 0. The zero-order chi connectivity index (χ0) is 37.4. The average Bonchev–Trinajstić information content (AvgIpc) is 2.96. The zero-order valence-corrected chi connectivity index (χ0v) is 33.0. The molecule has 2 rings (SSSR count). The van der Waals surface area contributed by atoms with Crippen LogP contribution in [0.2, 0.25) is 36.3 Å². The third kappa shape index (κ3) is 13.2. The Bertz CT molecular complexity index is 1460. The molecule has 286 valence electrons. The van der Waals surface area contributed by atoms with Crippen molar-refractivity contribution < 1.29 is 45.5 Å². The highest BCUT2D eigenvalue weighted by molar-refractivity contribution is 6.75. The predicted molar refractivity (Wildman–Crippen MR) is 202 cm³/mol. The number of allylic oxidation sites excluding steroid dienone is 1. The van der Waals surface area contributed by atoms with Gasteiger partial charge in [0.15, 0.2) is 11.6 Å². The molecule has 0 aliphatic heterocycles. The third-order valence-corrected chi connectivity index (χ3v) is 17.9. The van der Waals surface area contributed by atoms with Crippen molar-refractivity contribution in [2.45, 2.75) is 132 Å². The van der Waals surface area contributed by atoms with Gasteiger partial charge in [-0.2, -0.15) is 0 Å². The molecule has 0 fully saturated rings. The standard InChI is InChI=1S/C18H28F2O3Si.C18H26F2O3Si.2CH4/c2*1-8-12(9-16(21)22-5)14-10-13(19)11-15(17(14)20)23-24(6,7)18(2,3)4;;/h10-12H,8-9H2,1-7H3;9-11H,8H2,1-7H3;2*1H4. The summed E-state index contributed by atoms with van der Waals surface area (Å²) in [5, 5.41) is -0.288. The highest BCUT2D eigenvalue weighted by atomic mass is 28.4. The number of carbonyl (C=O) groups excluding carboxylic acids is 2. The average molecular weight is 747 g/mol. The summed E-state index contributed by atoms with van der Waals surface area (Å²) in [6, 6.07) is 4.37. The van der Waals surface area contributed by atoms with E-state index in [0.29, 0.717) is 18.4 Å². The first-order chi connectivity index (χ1) is 21.8. The van der Waals surface area contributed by atoms with Crippen LogP contribution in [-0.2, 0) is 19.1 Å². The second-order valence-electron chi connectivity index (χ2n) is 14.7. The molecule has 0 N–H and O–H groups in total. The minimum absolute atomic E-state index is 0. The molecule has 50 heavy (non-hydrogen) atoms. The van der Waals surface area contributed by atoms with Crippen LogP contribution < -0.4 is 8.85 Å². The summed E-state index contributed by atoms with van der Waals surface area (Å²) in [6.45, 7) is 23.6. The summed E-state index contributed by atoms with van der Waals surface area (Å²) in [7, 11) is -2.11. The Morgan fingerprint density at radius 3 is 1.56 bits per heavy atom. The molecule has 1 atom stereocenters. The molecule has 6 nitrogen and oxygen atoms in total. The minimum atomic E-state index is -2.32. The maximum Gasteiger partial charge on any atom is 0.330 e. The summed E-state index contributed by atoms with van der Waals surface area (Å²) in [5.74, 6) is -4.10. The number of halogens is 4. The number of rotatable bonds is 11. The van der Waals surface area contributed by atoms with E-state index in [1.807, 2.05) is 74.7 Å². The van der Waals surface area contributed by atoms with Crippen LogP contribution in [0.5, 0.6) is 11.5 Å². The largest absolute Gasteiger partial charge is 0.541 e. The molecular weight excluding hydrogens is 685 g/mol. The van der Waals surface area contributed by atoms with Crippen molar-refractivity contribution in [1.82, 2.24) is 0 Å².